The normalized spacial score (nSPS) is 11.9. The van der Waals surface area contributed by atoms with Crippen LogP contribution in [-0.2, 0) is 5.41 Å². The molecule has 0 saturated heterocycles. The van der Waals surface area contributed by atoms with Crippen molar-refractivity contribution < 1.29 is 4.79 Å². The maximum absolute atomic E-state index is 11.2. The Morgan fingerprint density at radius 3 is 2.62 bits per heavy atom. The van der Waals surface area contributed by atoms with E-state index in [0.29, 0.717) is 5.69 Å². The van der Waals surface area contributed by atoms with Crippen LogP contribution in [0, 0.1) is 0 Å². The van der Waals surface area contributed by atoms with Crippen LogP contribution in [0.4, 0.5) is 0 Å². The summed E-state index contributed by atoms with van der Waals surface area (Å²) >= 11 is 1.31. The molecule has 0 fully saturated rings. The van der Waals surface area contributed by atoms with Crippen molar-refractivity contribution in [3.63, 3.8) is 0 Å². The number of primary amides is 1. The highest BCUT2D eigenvalue weighted by atomic mass is 32.1. The van der Waals surface area contributed by atoms with Gasteiger partial charge in [0.25, 0.3) is 5.91 Å². The summed E-state index contributed by atoms with van der Waals surface area (Å²) < 4.78 is 5.09. The topological polar surface area (TPSA) is 56.0 Å². The van der Waals surface area contributed by atoms with Crippen molar-refractivity contribution in [1.29, 1.82) is 0 Å². The van der Waals surface area contributed by atoms with Crippen molar-refractivity contribution in [1.82, 2.24) is 4.37 Å². The lowest BCUT2D eigenvalue weighted by Crippen LogP contribution is -2.13. The van der Waals surface area contributed by atoms with Gasteiger partial charge in [-0.05, 0) is 34.6 Å². The molecule has 0 aliphatic carbocycles. The number of nitrogens with two attached hydrogens (primary N) is 1. The van der Waals surface area contributed by atoms with Gasteiger partial charge in [0.05, 0.1) is 4.70 Å². The molecule has 0 atom stereocenters. The number of hydrogen-bond donors (Lipinski definition) is 1. The number of rotatable bonds is 1. The third-order valence-corrected chi connectivity index (χ3v) is 3.40. The van der Waals surface area contributed by atoms with Crippen LogP contribution in [0.1, 0.15) is 36.8 Å². The Hall–Kier alpha value is -1.42. The number of carbonyl (C=O) groups excluding carboxylic acids is 1. The van der Waals surface area contributed by atoms with E-state index in [1.165, 1.54) is 17.1 Å². The molecule has 16 heavy (non-hydrogen) atoms. The lowest BCUT2D eigenvalue weighted by atomic mass is 9.86. The van der Waals surface area contributed by atoms with Crippen LogP contribution >= 0.6 is 11.5 Å². The van der Waals surface area contributed by atoms with Gasteiger partial charge in [-0.1, -0.05) is 26.8 Å². The van der Waals surface area contributed by atoms with Gasteiger partial charge in [0.1, 0.15) is 5.69 Å². The molecular weight excluding hydrogens is 220 g/mol. The van der Waals surface area contributed by atoms with Crippen molar-refractivity contribution in [2.45, 2.75) is 26.2 Å². The zero-order valence-corrected chi connectivity index (χ0v) is 10.4. The lowest BCUT2D eigenvalue weighted by Gasteiger charge is -2.18. The van der Waals surface area contributed by atoms with Gasteiger partial charge < -0.3 is 5.73 Å². The van der Waals surface area contributed by atoms with Crippen molar-refractivity contribution >= 4 is 27.5 Å². The average Bonchev–Trinajstić information content (AvgIpc) is 2.58. The van der Waals surface area contributed by atoms with Crippen molar-refractivity contribution in [3.8, 4) is 0 Å². The third-order valence-electron chi connectivity index (χ3n) is 2.57. The molecular formula is C12H14N2OS. The van der Waals surface area contributed by atoms with Crippen LogP contribution in [0.3, 0.4) is 0 Å². The maximum atomic E-state index is 11.2. The molecule has 3 nitrogen and oxygen atoms in total. The van der Waals surface area contributed by atoms with Gasteiger partial charge >= 0.3 is 0 Å². The summed E-state index contributed by atoms with van der Waals surface area (Å²) in [4.78, 5) is 11.2. The number of amides is 1. The van der Waals surface area contributed by atoms with Crippen LogP contribution in [0.2, 0.25) is 0 Å². The molecule has 0 radical (unpaired) electrons. The Morgan fingerprint density at radius 1 is 1.38 bits per heavy atom. The van der Waals surface area contributed by atoms with Crippen LogP contribution in [0.5, 0.6) is 0 Å². The highest BCUT2D eigenvalue weighted by molar-refractivity contribution is 7.13. The van der Waals surface area contributed by atoms with Crippen LogP contribution in [0.15, 0.2) is 18.2 Å². The highest BCUT2D eigenvalue weighted by Crippen LogP contribution is 2.29. The minimum atomic E-state index is -0.461. The third kappa shape index (κ3) is 1.80. The zero-order valence-electron chi connectivity index (χ0n) is 9.57. The fourth-order valence-corrected chi connectivity index (χ4v) is 2.34. The molecule has 2 N–H and O–H groups in total. The molecule has 1 amide bonds. The minimum Gasteiger partial charge on any atom is -0.364 e. The Morgan fingerprint density at radius 2 is 2.06 bits per heavy atom. The van der Waals surface area contributed by atoms with E-state index in [-0.39, 0.29) is 5.41 Å². The predicted molar refractivity (Wildman–Crippen MR) is 66.8 cm³/mol. The highest BCUT2D eigenvalue weighted by Gasteiger charge is 2.17. The van der Waals surface area contributed by atoms with Crippen molar-refractivity contribution in [3.05, 3.63) is 29.5 Å². The Labute approximate surface area is 98.4 Å². The minimum absolute atomic E-state index is 0.0606. The molecule has 1 aromatic carbocycles. The number of aromatic nitrogens is 1. The van der Waals surface area contributed by atoms with Crippen molar-refractivity contribution in [2.24, 2.45) is 5.73 Å². The Kier molecular flexibility index (Phi) is 2.46. The van der Waals surface area contributed by atoms with Gasteiger partial charge in [0.2, 0.25) is 0 Å². The summed E-state index contributed by atoms with van der Waals surface area (Å²) in [5.74, 6) is -0.461. The van der Waals surface area contributed by atoms with E-state index >= 15 is 0 Å². The van der Waals surface area contributed by atoms with E-state index in [4.69, 9.17) is 5.73 Å². The number of benzene rings is 1. The molecule has 84 valence electrons. The molecule has 1 heterocycles. The summed E-state index contributed by atoms with van der Waals surface area (Å²) in [5, 5.41) is 0.866. The zero-order chi connectivity index (χ0) is 11.9. The van der Waals surface area contributed by atoms with Crippen LogP contribution in [0.25, 0.3) is 10.1 Å². The van der Waals surface area contributed by atoms with Gasteiger partial charge in [0, 0.05) is 5.39 Å². The SMILES string of the molecule is CC(C)(C)c1ccc2snc(C(N)=O)c2c1. The Bertz CT molecular complexity index is 552. The second-order valence-corrected chi connectivity index (χ2v) is 5.66. The Balaban J connectivity index is 2.68. The van der Waals surface area contributed by atoms with Gasteiger partial charge in [-0.25, -0.2) is 0 Å². The first-order valence-corrected chi connectivity index (χ1v) is 5.86. The molecule has 0 aliphatic rings. The summed E-state index contributed by atoms with van der Waals surface area (Å²) in [7, 11) is 0. The molecule has 0 bridgehead atoms. The van der Waals surface area contributed by atoms with Gasteiger partial charge in [-0.15, -0.1) is 0 Å². The summed E-state index contributed by atoms with van der Waals surface area (Å²) in [6, 6.07) is 6.09. The summed E-state index contributed by atoms with van der Waals surface area (Å²) in [6.07, 6.45) is 0. The fraction of sp³-hybridized carbons (Fsp3) is 0.333. The van der Waals surface area contributed by atoms with Gasteiger partial charge in [-0.3, -0.25) is 4.79 Å². The lowest BCUT2D eigenvalue weighted by molar-refractivity contribution is 0.0998. The first-order chi connectivity index (χ1) is 7.39. The molecule has 2 rings (SSSR count). The predicted octanol–water partition coefficient (Wildman–Crippen LogP) is 2.69. The number of hydrogen-bond acceptors (Lipinski definition) is 3. The molecule has 0 spiro atoms. The van der Waals surface area contributed by atoms with E-state index in [2.05, 4.69) is 31.2 Å². The molecule has 4 heteroatoms. The van der Waals surface area contributed by atoms with Crippen LogP contribution in [-0.4, -0.2) is 10.3 Å². The fourth-order valence-electron chi connectivity index (χ4n) is 1.58. The second-order valence-electron chi connectivity index (χ2n) is 4.86. The quantitative estimate of drug-likeness (QED) is 0.824. The van der Waals surface area contributed by atoms with E-state index in [9.17, 15) is 4.79 Å². The second kappa shape index (κ2) is 3.56. The van der Waals surface area contributed by atoms with E-state index < -0.39 is 5.91 Å². The van der Waals surface area contributed by atoms with Gasteiger partial charge in [-0.2, -0.15) is 4.37 Å². The van der Waals surface area contributed by atoms with Crippen molar-refractivity contribution in [2.75, 3.05) is 0 Å². The molecule has 0 aliphatic heterocycles. The number of nitrogens with zero attached hydrogens (tertiary/aromatic N) is 1. The summed E-state index contributed by atoms with van der Waals surface area (Å²) in [6.45, 7) is 6.41. The number of fused-ring (bicyclic) bond motifs is 1. The molecule has 0 saturated carbocycles. The van der Waals surface area contributed by atoms with E-state index in [0.717, 1.165) is 10.1 Å². The molecule has 0 unspecified atom stereocenters. The average molecular weight is 234 g/mol. The van der Waals surface area contributed by atoms with E-state index in [1.807, 2.05) is 12.1 Å². The first-order valence-electron chi connectivity index (χ1n) is 5.09. The largest absolute Gasteiger partial charge is 0.364 e. The first kappa shape index (κ1) is 11.1. The van der Waals surface area contributed by atoms with Crippen LogP contribution < -0.4 is 5.73 Å². The smallest absolute Gasteiger partial charge is 0.269 e. The maximum Gasteiger partial charge on any atom is 0.269 e. The molecule has 2 aromatic rings. The number of carbonyl (C=O) groups is 1. The van der Waals surface area contributed by atoms with E-state index in [1.54, 1.807) is 0 Å². The van der Waals surface area contributed by atoms with Gasteiger partial charge in [0.15, 0.2) is 0 Å². The monoisotopic (exact) mass is 234 g/mol. The standard InChI is InChI=1S/C12H14N2OS/c1-12(2,3)7-4-5-9-8(6-7)10(11(13)15)14-16-9/h4-6H,1-3H3,(H2,13,15). The summed E-state index contributed by atoms with van der Waals surface area (Å²) in [5.41, 5.74) is 6.91. The molecule has 1 aromatic heterocycles.